The van der Waals surface area contributed by atoms with E-state index in [1.165, 1.54) is 6.07 Å². The summed E-state index contributed by atoms with van der Waals surface area (Å²) in [6.07, 6.45) is -3.57. The molecule has 0 spiro atoms. The van der Waals surface area contributed by atoms with E-state index >= 15 is 0 Å². The van der Waals surface area contributed by atoms with Crippen molar-refractivity contribution in [2.75, 3.05) is 44.1 Å². The van der Waals surface area contributed by atoms with Crippen molar-refractivity contribution in [3.05, 3.63) is 11.9 Å². The van der Waals surface area contributed by atoms with Crippen LogP contribution in [0.4, 0.5) is 24.8 Å². The smallest absolute Gasteiger partial charge is 0.359 e. The minimum absolute atomic E-state index is 0.0530. The van der Waals surface area contributed by atoms with Gasteiger partial charge in [0.15, 0.2) is 0 Å². The van der Waals surface area contributed by atoms with E-state index in [1.54, 1.807) is 11.9 Å². The van der Waals surface area contributed by atoms with Crippen LogP contribution in [-0.4, -0.2) is 48.6 Å². The fraction of sp³-hybridized carbons (Fsp3) is 0.667. The van der Waals surface area contributed by atoms with Crippen LogP contribution in [0, 0.1) is 5.92 Å². The normalized spacial score (nSPS) is 19.8. The van der Waals surface area contributed by atoms with Gasteiger partial charge in [0.1, 0.15) is 11.6 Å². The number of aromatic nitrogens is 2. The van der Waals surface area contributed by atoms with Crippen LogP contribution in [0.25, 0.3) is 0 Å². The Morgan fingerprint density at radius 3 is 2.71 bits per heavy atom. The number of nitrogens with two attached hydrogens (primary N) is 1. The molecule has 3 N–H and O–H groups in total. The first-order valence-corrected chi connectivity index (χ1v) is 6.62. The third kappa shape index (κ3) is 3.94. The summed E-state index contributed by atoms with van der Waals surface area (Å²) in [4.78, 5) is 10.8. The Balaban J connectivity index is 2.17. The largest absolute Gasteiger partial charge is 0.451 e. The molecule has 6 nitrogen and oxygen atoms in total. The zero-order valence-electron chi connectivity index (χ0n) is 12.0. The van der Waals surface area contributed by atoms with Crippen LogP contribution in [0.5, 0.6) is 0 Å². The fourth-order valence-electron chi connectivity index (χ4n) is 2.49. The second kappa shape index (κ2) is 6.02. The number of nitrogen functional groups attached to an aromatic ring is 1. The molecule has 2 rings (SSSR count). The highest BCUT2D eigenvalue weighted by atomic mass is 19.4. The Labute approximate surface area is 121 Å². The highest BCUT2D eigenvalue weighted by Crippen LogP contribution is 2.29. The van der Waals surface area contributed by atoms with Crippen molar-refractivity contribution in [1.82, 2.24) is 14.9 Å². The molecular weight excluding hydrogens is 285 g/mol. The van der Waals surface area contributed by atoms with Gasteiger partial charge in [-0.2, -0.15) is 13.2 Å². The van der Waals surface area contributed by atoms with Crippen molar-refractivity contribution in [2.45, 2.75) is 12.6 Å². The topological polar surface area (TPSA) is 70.3 Å². The maximum atomic E-state index is 12.8. The molecule has 0 radical (unpaired) electrons. The van der Waals surface area contributed by atoms with Gasteiger partial charge in [0.05, 0.1) is 0 Å². The Hall–Kier alpha value is -1.61. The molecule has 0 aromatic carbocycles. The maximum absolute atomic E-state index is 12.8. The highest BCUT2D eigenvalue weighted by Gasteiger charge is 2.36. The van der Waals surface area contributed by atoms with Crippen molar-refractivity contribution in [3.63, 3.8) is 0 Å². The third-order valence-electron chi connectivity index (χ3n) is 3.53. The molecule has 1 aromatic rings. The molecule has 0 aliphatic carbocycles. The number of hydrogen-bond acceptors (Lipinski definition) is 6. The SMILES string of the molecule is CN1CCC(CN(C)c2cc(NN)nc(C(F)(F)F)n2)C1. The summed E-state index contributed by atoms with van der Waals surface area (Å²) < 4.78 is 38.4. The van der Waals surface area contributed by atoms with Crippen molar-refractivity contribution in [2.24, 2.45) is 11.8 Å². The molecule has 1 saturated heterocycles. The Morgan fingerprint density at radius 1 is 1.48 bits per heavy atom. The van der Waals surface area contributed by atoms with E-state index in [-0.39, 0.29) is 11.6 Å². The van der Waals surface area contributed by atoms with Crippen molar-refractivity contribution in [1.29, 1.82) is 0 Å². The van der Waals surface area contributed by atoms with Crippen molar-refractivity contribution < 1.29 is 13.2 Å². The molecule has 1 fully saturated rings. The van der Waals surface area contributed by atoms with Gasteiger partial charge in [-0.15, -0.1) is 0 Å². The van der Waals surface area contributed by atoms with Crippen molar-refractivity contribution >= 4 is 11.6 Å². The number of hydrazine groups is 1. The first-order valence-electron chi connectivity index (χ1n) is 6.62. The highest BCUT2D eigenvalue weighted by molar-refractivity contribution is 5.48. The molecule has 0 bridgehead atoms. The zero-order valence-corrected chi connectivity index (χ0v) is 12.0. The first kappa shape index (κ1) is 15.8. The predicted molar refractivity (Wildman–Crippen MR) is 73.7 cm³/mol. The van der Waals surface area contributed by atoms with Crippen LogP contribution < -0.4 is 16.2 Å². The van der Waals surface area contributed by atoms with Crippen LogP contribution in [-0.2, 0) is 6.18 Å². The molecule has 118 valence electrons. The van der Waals surface area contributed by atoms with E-state index < -0.39 is 12.0 Å². The van der Waals surface area contributed by atoms with Crippen LogP contribution in [0.3, 0.4) is 0 Å². The Morgan fingerprint density at radius 2 is 2.19 bits per heavy atom. The van der Waals surface area contributed by atoms with E-state index in [0.29, 0.717) is 12.5 Å². The lowest BCUT2D eigenvalue weighted by atomic mass is 10.1. The number of hydrogen-bond donors (Lipinski definition) is 2. The van der Waals surface area contributed by atoms with Gasteiger partial charge in [0, 0.05) is 26.2 Å². The fourth-order valence-corrected chi connectivity index (χ4v) is 2.49. The Kier molecular flexibility index (Phi) is 4.52. The van der Waals surface area contributed by atoms with E-state index in [1.807, 2.05) is 7.05 Å². The first-order chi connectivity index (χ1) is 9.79. The molecule has 0 amide bonds. The second-order valence-corrected chi connectivity index (χ2v) is 5.37. The van der Waals surface area contributed by atoms with Gasteiger partial charge in [0.25, 0.3) is 0 Å². The minimum Gasteiger partial charge on any atom is -0.359 e. The predicted octanol–water partition coefficient (Wildman–Crippen LogP) is 1.17. The van der Waals surface area contributed by atoms with Gasteiger partial charge >= 0.3 is 6.18 Å². The van der Waals surface area contributed by atoms with E-state index in [2.05, 4.69) is 20.3 Å². The number of rotatable bonds is 4. The number of anilines is 2. The molecule has 1 unspecified atom stereocenters. The lowest BCUT2D eigenvalue weighted by molar-refractivity contribution is -0.144. The second-order valence-electron chi connectivity index (χ2n) is 5.37. The maximum Gasteiger partial charge on any atom is 0.451 e. The number of nitrogens with one attached hydrogen (secondary N) is 1. The van der Waals surface area contributed by atoms with Gasteiger partial charge < -0.3 is 15.2 Å². The molecule has 1 aromatic heterocycles. The Bertz CT molecular complexity index is 492. The quantitative estimate of drug-likeness (QED) is 0.643. The minimum atomic E-state index is -4.60. The molecule has 2 heterocycles. The standard InChI is InChI=1S/C12H19F3N6/c1-20-4-3-8(6-20)7-21(2)10-5-9(19-16)17-11(18-10)12(13,14)15/h5,8H,3-4,6-7,16H2,1-2H3,(H,17,18,19). The molecule has 1 aliphatic rings. The van der Waals surface area contributed by atoms with Gasteiger partial charge in [-0.25, -0.2) is 15.8 Å². The molecule has 0 saturated carbocycles. The van der Waals surface area contributed by atoms with E-state index in [9.17, 15) is 13.2 Å². The molecule has 21 heavy (non-hydrogen) atoms. The number of halogens is 3. The van der Waals surface area contributed by atoms with Crippen LogP contribution in [0.2, 0.25) is 0 Å². The van der Waals surface area contributed by atoms with Gasteiger partial charge in [-0.05, 0) is 25.9 Å². The lowest BCUT2D eigenvalue weighted by Gasteiger charge is -2.23. The molecular formula is C12H19F3N6. The average Bonchev–Trinajstić information content (AvgIpc) is 2.82. The monoisotopic (exact) mass is 304 g/mol. The molecule has 9 heteroatoms. The summed E-state index contributed by atoms with van der Waals surface area (Å²) in [6.45, 7) is 2.58. The van der Waals surface area contributed by atoms with Gasteiger partial charge in [-0.1, -0.05) is 0 Å². The summed E-state index contributed by atoms with van der Waals surface area (Å²) in [5, 5.41) is 0. The van der Waals surface area contributed by atoms with Crippen LogP contribution in [0.1, 0.15) is 12.2 Å². The van der Waals surface area contributed by atoms with E-state index in [4.69, 9.17) is 5.84 Å². The van der Waals surface area contributed by atoms with Crippen LogP contribution in [0.15, 0.2) is 6.07 Å². The van der Waals surface area contributed by atoms with Gasteiger partial charge in [-0.3, -0.25) is 0 Å². The summed E-state index contributed by atoms with van der Waals surface area (Å²) in [6, 6.07) is 1.41. The van der Waals surface area contributed by atoms with Crippen molar-refractivity contribution in [3.8, 4) is 0 Å². The summed E-state index contributed by atoms with van der Waals surface area (Å²) in [5.74, 6) is 4.56. The van der Waals surface area contributed by atoms with Crippen LogP contribution >= 0.6 is 0 Å². The lowest BCUT2D eigenvalue weighted by Crippen LogP contribution is -2.29. The number of alkyl halides is 3. The zero-order chi connectivity index (χ0) is 15.6. The van der Waals surface area contributed by atoms with Gasteiger partial charge in [0.2, 0.25) is 5.82 Å². The molecule has 1 atom stereocenters. The van der Waals surface area contributed by atoms with E-state index in [0.717, 1.165) is 19.5 Å². The third-order valence-corrected chi connectivity index (χ3v) is 3.53. The summed E-state index contributed by atoms with van der Waals surface area (Å²) in [5.41, 5.74) is 2.15. The molecule has 1 aliphatic heterocycles. The average molecular weight is 304 g/mol. The summed E-state index contributed by atoms with van der Waals surface area (Å²) >= 11 is 0. The summed E-state index contributed by atoms with van der Waals surface area (Å²) in [7, 11) is 3.75. The number of nitrogens with zero attached hydrogens (tertiary/aromatic N) is 4. The number of likely N-dealkylation sites (tertiary alicyclic amines) is 1.